The van der Waals surface area contributed by atoms with Crippen LogP contribution in [0.3, 0.4) is 0 Å². The second-order valence-electron chi connectivity index (χ2n) is 11.5. The van der Waals surface area contributed by atoms with E-state index in [2.05, 4.69) is 35.1 Å². The molecule has 0 aliphatic carbocycles. The lowest BCUT2D eigenvalue weighted by molar-refractivity contribution is -0.113. The van der Waals surface area contributed by atoms with Crippen molar-refractivity contribution in [2.75, 3.05) is 25.1 Å². The van der Waals surface area contributed by atoms with Crippen LogP contribution in [0.1, 0.15) is 42.1 Å². The maximum atomic E-state index is 14.2. The van der Waals surface area contributed by atoms with Gasteiger partial charge in [0.2, 0.25) is 0 Å². The molecule has 1 unspecified atom stereocenters. The topological polar surface area (TPSA) is 91.2 Å². The zero-order chi connectivity index (χ0) is 34.5. The Balaban J connectivity index is 1.31. The molecule has 1 aliphatic heterocycles. The highest BCUT2D eigenvalue weighted by Gasteiger charge is 2.32. The van der Waals surface area contributed by atoms with Gasteiger partial charge in [-0.1, -0.05) is 65.9 Å². The molecule has 5 aromatic rings. The maximum Gasteiger partial charge on any atom is 0.271 e. The lowest BCUT2D eigenvalue weighted by Gasteiger charge is -2.25. The fraction of sp³-hybridized carbons (Fsp3) is 0.205. The molecule has 0 bridgehead atoms. The van der Waals surface area contributed by atoms with E-state index in [1.807, 2.05) is 111 Å². The average Bonchev–Trinajstić information content (AvgIpc) is 3.39. The first-order valence-electron chi connectivity index (χ1n) is 16.0. The van der Waals surface area contributed by atoms with E-state index in [0.29, 0.717) is 62.1 Å². The molecule has 4 aromatic carbocycles. The summed E-state index contributed by atoms with van der Waals surface area (Å²) in [6, 6.07) is 27.9. The van der Waals surface area contributed by atoms with Crippen molar-refractivity contribution in [2.45, 2.75) is 33.7 Å². The van der Waals surface area contributed by atoms with Crippen LogP contribution in [0.5, 0.6) is 17.2 Å². The molecule has 0 fully saturated rings. The molecule has 1 N–H and O–H groups in total. The first-order chi connectivity index (χ1) is 23.7. The highest BCUT2D eigenvalue weighted by molar-refractivity contribution is 9.10. The quantitative estimate of drug-likeness (QED) is 0.146. The van der Waals surface area contributed by atoms with Crippen LogP contribution in [0.2, 0.25) is 0 Å². The minimum absolute atomic E-state index is 0.243. The van der Waals surface area contributed by atoms with Crippen molar-refractivity contribution in [1.29, 1.82) is 0 Å². The van der Waals surface area contributed by atoms with Gasteiger partial charge in [-0.3, -0.25) is 14.2 Å². The number of para-hydroxylation sites is 1. The standard InChI is InChI=1S/C39H36BrN3O5S/c1-5-46-32-22-27(21-31(40)36(32)48-19-18-47-30-17-16-24(2)25(3)20-30)23-33-38(45)43-35(28-12-8-6-9-13-28)34(26(4)41-39(43)49-33)37(44)42-29-14-10-7-11-15-29/h6-17,20-23,35H,5,18-19H2,1-4H3,(H,42,44)/b33-23-. The number of fused-ring (bicyclic) bond motifs is 1. The fourth-order valence-corrected chi connectivity index (χ4v) is 7.24. The van der Waals surface area contributed by atoms with Crippen LogP contribution in [0, 0.1) is 13.8 Å². The zero-order valence-corrected chi connectivity index (χ0v) is 30.1. The third kappa shape index (κ3) is 7.55. The van der Waals surface area contributed by atoms with Crippen LogP contribution in [0.25, 0.3) is 6.08 Å². The Labute approximate surface area is 297 Å². The maximum absolute atomic E-state index is 14.2. The summed E-state index contributed by atoms with van der Waals surface area (Å²) in [5, 5.41) is 2.98. The minimum atomic E-state index is -0.657. The molecule has 0 saturated heterocycles. The molecular formula is C39H36BrN3O5S. The van der Waals surface area contributed by atoms with E-state index in [-0.39, 0.29) is 11.5 Å². The van der Waals surface area contributed by atoms with Gasteiger partial charge < -0.3 is 19.5 Å². The van der Waals surface area contributed by atoms with Gasteiger partial charge in [-0.15, -0.1) is 0 Å². The summed E-state index contributed by atoms with van der Waals surface area (Å²) < 4.78 is 20.7. The van der Waals surface area contributed by atoms with Crippen molar-refractivity contribution in [3.63, 3.8) is 0 Å². The van der Waals surface area contributed by atoms with E-state index in [1.54, 1.807) is 4.57 Å². The summed E-state index contributed by atoms with van der Waals surface area (Å²) >= 11 is 4.94. The van der Waals surface area contributed by atoms with Gasteiger partial charge in [0, 0.05) is 5.69 Å². The van der Waals surface area contributed by atoms with Gasteiger partial charge in [0.25, 0.3) is 11.5 Å². The predicted molar refractivity (Wildman–Crippen MR) is 197 cm³/mol. The van der Waals surface area contributed by atoms with Gasteiger partial charge in [-0.2, -0.15) is 0 Å². The smallest absolute Gasteiger partial charge is 0.271 e. The number of aromatic nitrogens is 1. The number of halogens is 1. The van der Waals surface area contributed by atoms with Crippen LogP contribution < -0.4 is 34.4 Å². The molecule has 8 nitrogen and oxygen atoms in total. The number of carbonyl (C=O) groups excluding carboxylic acids is 1. The number of anilines is 1. The van der Waals surface area contributed by atoms with Crippen LogP contribution in [-0.2, 0) is 4.79 Å². The Kier molecular flexibility index (Phi) is 10.5. The number of aryl methyl sites for hydroxylation is 2. The molecule has 6 rings (SSSR count). The highest BCUT2D eigenvalue weighted by atomic mass is 79.9. The summed E-state index contributed by atoms with van der Waals surface area (Å²) in [5.41, 5.74) is 5.33. The summed E-state index contributed by atoms with van der Waals surface area (Å²) in [6.45, 7) is 8.93. The number of ether oxygens (including phenoxy) is 3. The Morgan fingerprint density at radius 2 is 1.63 bits per heavy atom. The molecule has 0 radical (unpaired) electrons. The van der Waals surface area contributed by atoms with Gasteiger partial charge in [-0.25, -0.2) is 4.99 Å². The van der Waals surface area contributed by atoms with Gasteiger partial charge in [-0.05, 0) is 108 Å². The van der Waals surface area contributed by atoms with E-state index < -0.39 is 6.04 Å². The number of hydrogen-bond acceptors (Lipinski definition) is 7. The summed E-state index contributed by atoms with van der Waals surface area (Å²) in [4.78, 5) is 33.2. The van der Waals surface area contributed by atoms with Gasteiger partial charge in [0.05, 0.1) is 32.9 Å². The molecule has 1 atom stereocenters. The average molecular weight is 739 g/mol. The largest absolute Gasteiger partial charge is 0.490 e. The Bertz CT molecular complexity index is 2210. The van der Waals surface area contributed by atoms with Gasteiger partial charge in [0.1, 0.15) is 19.0 Å². The molecule has 250 valence electrons. The van der Waals surface area contributed by atoms with Gasteiger partial charge >= 0.3 is 0 Å². The van der Waals surface area contributed by atoms with Crippen LogP contribution in [0.15, 0.2) is 117 Å². The van der Waals surface area contributed by atoms with Crippen molar-refractivity contribution in [3.8, 4) is 17.2 Å². The Morgan fingerprint density at radius 1 is 0.918 bits per heavy atom. The molecule has 49 heavy (non-hydrogen) atoms. The third-order valence-corrected chi connectivity index (χ3v) is 9.69. The van der Waals surface area contributed by atoms with Crippen LogP contribution >= 0.6 is 27.3 Å². The monoisotopic (exact) mass is 737 g/mol. The number of carbonyl (C=O) groups is 1. The number of benzene rings is 4. The molecule has 10 heteroatoms. The summed E-state index contributed by atoms with van der Waals surface area (Å²) in [6.07, 6.45) is 1.81. The number of thiazole rings is 1. The SMILES string of the molecule is CCOc1cc(/C=c2\sc3n(c2=O)C(c2ccccc2)C(C(=O)Nc2ccccc2)=C(C)N=3)cc(Br)c1OCCOc1ccc(C)c(C)c1. The summed E-state index contributed by atoms with van der Waals surface area (Å²) in [7, 11) is 0. The molecule has 1 amide bonds. The van der Waals surface area contributed by atoms with Crippen molar-refractivity contribution < 1.29 is 19.0 Å². The van der Waals surface area contributed by atoms with Crippen LogP contribution in [-0.4, -0.2) is 30.3 Å². The minimum Gasteiger partial charge on any atom is -0.490 e. The lowest BCUT2D eigenvalue weighted by Crippen LogP contribution is -2.40. The van der Waals surface area contributed by atoms with Crippen molar-refractivity contribution in [2.24, 2.45) is 4.99 Å². The summed E-state index contributed by atoms with van der Waals surface area (Å²) in [5.74, 6) is 1.58. The molecule has 0 saturated carbocycles. The number of amides is 1. The van der Waals surface area contributed by atoms with E-state index >= 15 is 0 Å². The molecule has 2 heterocycles. The number of nitrogens with one attached hydrogen (secondary N) is 1. The first-order valence-corrected chi connectivity index (χ1v) is 17.6. The highest BCUT2D eigenvalue weighted by Crippen LogP contribution is 2.37. The number of hydrogen-bond donors (Lipinski definition) is 1. The van der Waals surface area contributed by atoms with Crippen molar-refractivity contribution >= 4 is 44.9 Å². The second-order valence-corrected chi connectivity index (χ2v) is 13.4. The first kappa shape index (κ1) is 34.0. The number of allylic oxidation sites excluding steroid dienone is 1. The van der Waals surface area contributed by atoms with Crippen molar-refractivity contribution in [1.82, 2.24) is 4.57 Å². The van der Waals surface area contributed by atoms with E-state index in [1.165, 1.54) is 22.5 Å². The van der Waals surface area contributed by atoms with Crippen molar-refractivity contribution in [3.05, 3.63) is 149 Å². The Morgan fingerprint density at radius 3 is 2.35 bits per heavy atom. The normalized spacial score (nSPS) is 14.2. The van der Waals surface area contributed by atoms with Gasteiger partial charge in [0.15, 0.2) is 16.3 Å². The Hall–Kier alpha value is -4.93. The van der Waals surface area contributed by atoms with E-state index in [4.69, 9.17) is 19.2 Å². The molecule has 1 aromatic heterocycles. The van der Waals surface area contributed by atoms with Crippen LogP contribution in [0.4, 0.5) is 5.69 Å². The third-order valence-electron chi connectivity index (χ3n) is 8.12. The number of rotatable bonds is 11. The van der Waals surface area contributed by atoms with E-state index in [9.17, 15) is 9.59 Å². The number of nitrogens with zero attached hydrogens (tertiary/aromatic N) is 2. The lowest BCUT2D eigenvalue weighted by atomic mass is 9.95. The predicted octanol–water partition coefficient (Wildman–Crippen LogP) is 7.11. The second kappa shape index (κ2) is 15.1. The molecular weight excluding hydrogens is 702 g/mol. The molecule has 1 aliphatic rings. The zero-order valence-electron chi connectivity index (χ0n) is 27.7. The molecule has 0 spiro atoms. The fourth-order valence-electron chi connectivity index (χ4n) is 5.62. The van der Waals surface area contributed by atoms with E-state index in [0.717, 1.165) is 16.9 Å².